The smallest absolute Gasteiger partial charge is 0.309 e. The number of nitrogens with one attached hydrogen (secondary N) is 1. The molecule has 1 N–H and O–H groups in total. The maximum absolute atomic E-state index is 13.5. The van der Waals surface area contributed by atoms with Crippen LogP contribution in [-0.4, -0.2) is 33.5 Å². The first-order valence-corrected chi connectivity index (χ1v) is 13.9. The van der Waals surface area contributed by atoms with Gasteiger partial charge in [-0.05, 0) is 60.7 Å². The summed E-state index contributed by atoms with van der Waals surface area (Å²) in [5.41, 5.74) is 5.72. The van der Waals surface area contributed by atoms with Gasteiger partial charge in [-0.2, -0.15) is 0 Å². The van der Waals surface area contributed by atoms with Crippen molar-refractivity contribution in [2.24, 2.45) is 5.92 Å². The highest BCUT2D eigenvalue weighted by molar-refractivity contribution is 6.31. The number of hydrogen-bond donors (Lipinski definition) is 1. The zero-order valence-corrected chi connectivity index (χ0v) is 23.9. The van der Waals surface area contributed by atoms with E-state index in [1.54, 1.807) is 17.1 Å². The van der Waals surface area contributed by atoms with E-state index in [2.05, 4.69) is 15.3 Å². The number of amides is 1. The molecule has 1 aliphatic rings. The minimum atomic E-state index is -0.374. The lowest BCUT2D eigenvalue weighted by Gasteiger charge is -2.23. The number of esters is 1. The van der Waals surface area contributed by atoms with Gasteiger partial charge in [0.2, 0.25) is 5.91 Å². The maximum Gasteiger partial charge on any atom is 0.309 e. The summed E-state index contributed by atoms with van der Waals surface area (Å²) < 4.78 is 6.43. The van der Waals surface area contributed by atoms with Gasteiger partial charge in [-0.15, -0.1) is 0 Å². The molecule has 3 heterocycles. The average molecular weight is 571 g/mol. The summed E-state index contributed by atoms with van der Waals surface area (Å²) in [6.07, 6.45) is 5.31. The molecule has 1 aliphatic heterocycles. The number of methoxy groups -OCH3 is 1. The molecule has 8 nitrogen and oxygen atoms in total. The van der Waals surface area contributed by atoms with Crippen LogP contribution in [0, 0.1) is 12.8 Å². The molecule has 4 aromatic rings. The molecule has 2 bridgehead atoms. The van der Waals surface area contributed by atoms with Crippen LogP contribution in [0.4, 0.5) is 5.69 Å². The quantitative estimate of drug-likeness (QED) is 0.302. The van der Waals surface area contributed by atoms with Crippen LogP contribution in [-0.2, 0) is 20.7 Å². The lowest BCUT2D eigenvalue weighted by atomic mass is 9.94. The van der Waals surface area contributed by atoms with E-state index in [0.29, 0.717) is 35.7 Å². The van der Waals surface area contributed by atoms with Gasteiger partial charge in [0.15, 0.2) is 0 Å². The fourth-order valence-corrected chi connectivity index (χ4v) is 5.38. The number of ether oxygens (including phenoxy) is 1. The van der Waals surface area contributed by atoms with Gasteiger partial charge >= 0.3 is 5.97 Å². The topological polar surface area (TPSA) is 103 Å². The van der Waals surface area contributed by atoms with Crippen LogP contribution in [0.1, 0.15) is 49.0 Å². The van der Waals surface area contributed by atoms with E-state index >= 15 is 0 Å². The molecule has 2 atom stereocenters. The third-order valence-corrected chi connectivity index (χ3v) is 8.04. The number of anilines is 1. The first-order chi connectivity index (χ1) is 19.7. The maximum atomic E-state index is 13.5. The average Bonchev–Trinajstić information content (AvgIpc) is 2.96. The fraction of sp³-hybridized carbons (Fsp3) is 0.281. The molecule has 0 radical (unpaired) electrons. The summed E-state index contributed by atoms with van der Waals surface area (Å²) in [6.45, 7) is 3.79. The minimum absolute atomic E-state index is 0.0967. The van der Waals surface area contributed by atoms with Crippen molar-refractivity contribution in [2.45, 2.75) is 45.6 Å². The molecule has 0 fully saturated rings. The van der Waals surface area contributed by atoms with Crippen molar-refractivity contribution in [3.63, 3.8) is 0 Å². The highest BCUT2D eigenvalue weighted by atomic mass is 35.5. The van der Waals surface area contributed by atoms with E-state index in [0.717, 1.165) is 33.5 Å². The van der Waals surface area contributed by atoms with Gasteiger partial charge in [-0.1, -0.05) is 49.2 Å². The Balaban J connectivity index is 1.58. The van der Waals surface area contributed by atoms with E-state index in [-0.39, 0.29) is 35.8 Å². The summed E-state index contributed by atoms with van der Waals surface area (Å²) in [5, 5.41) is 3.68. The van der Waals surface area contributed by atoms with Crippen LogP contribution in [0.25, 0.3) is 22.4 Å². The standard InChI is InChI=1S/C32H31ClN4O4/c1-19-6-4-9-29(37-18-35-26(17-30(37)38)23-7-5-8-25(33)20(23)2)28-16-22(12-13-34-28)24-11-10-21(15-31(39)41-3)14-27(24)36-32(19)40/h5,7-8,10-14,16-19,29H,4,6,9,15H2,1-3H3,(H,36,40)/t19-,29+/m1/s1. The Morgan fingerprint density at radius 1 is 1.07 bits per heavy atom. The lowest BCUT2D eigenvalue weighted by molar-refractivity contribution is -0.139. The number of benzene rings is 2. The molecule has 1 amide bonds. The molecular weight excluding hydrogens is 540 g/mol. The summed E-state index contributed by atoms with van der Waals surface area (Å²) >= 11 is 6.31. The first kappa shape index (κ1) is 28.2. The van der Waals surface area contributed by atoms with Gasteiger partial charge in [0.1, 0.15) is 0 Å². The van der Waals surface area contributed by atoms with Crippen LogP contribution in [0.2, 0.25) is 5.02 Å². The van der Waals surface area contributed by atoms with Gasteiger partial charge in [-0.3, -0.25) is 23.9 Å². The third kappa shape index (κ3) is 6.07. The van der Waals surface area contributed by atoms with Gasteiger partial charge in [-0.25, -0.2) is 4.98 Å². The molecule has 210 valence electrons. The van der Waals surface area contributed by atoms with E-state index in [9.17, 15) is 14.4 Å². The van der Waals surface area contributed by atoms with Crippen LogP contribution in [0.15, 0.2) is 71.9 Å². The van der Waals surface area contributed by atoms with Crippen LogP contribution in [0.5, 0.6) is 0 Å². The van der Waals surface area contributed by atoms with Crippen molar-refractivity contribution in [1.29, 1.82) is 0 Å². The number of aromatic nitrogens is 3. The van der Waals surface area contributed by atoms with Crippen LogP contribution < -0.4 is 10.9 Å². The van der Waals surface area contributed by atoms with Crippen LogP contribution in [0.3, 0.4) is 0 Å². The normalized spacial score (nSPS) is 17.0. The number of pyridine rings is 1. The molecule has 2 aromatic carbocycles. The lowest BCUT2D eigenvalue weighted by Crippen LogP contribution is -2.27. The van der Waals surface area contributed by atoms with Crippen molar-refractivity contribution >= 4 is 29.2 Å². The Kier molecular flexibility index (Phi) is 8.31. The number of nitrogens with zero attached hydrogens (tertiary/aromatic N) is 3. The van der Waals surface area contributed by atoms with E-state index in [1.165, 1.54) is 13.2 Å². The van der Waals surface area contributed by atoms with Crippen molar-refractivity contribution in [3.05, 3.63) is 99.3 Å². The predicted molar refractivity (Wildman–Crippen MR) is 159 cm³/mol. The number of carbonyl (C=O) groups is 2. The Morgan fingerprint density at radius 3 is 2.68 bits per heavy atom. The Hall–Kier alpha value is -4.30. The van der Waals surface area contributed by atoms with Crippen molar-refractivity contribution in [3.8, 4) is 22.4 Å². The van der Waals surface area contributed by atoms with Crippen molar-refractivity contribution in [2.75, 3.05) is 12.4 Å². The molecule has 2 aromatic heterocycles. The number of carbonyl (C=O) groups excluding carboxylic acids is 2. The Labute approximate surface area is 243 Å². The third-order valence-electron chi connectivity index (χ3n) is 7.63. The Bertz CT molecular complexity index is 1680. The van der Waals surface area contributed by atoms with E-state index in [1.807, 2.05) is 62.4 Å². The second-order valence-electron chi connectivity index (χ2n) is 10.4. The molecule has 5 rings (SSSR count). The van der Waals surface area contributed by atoms with Gasteiger partial charge in [0, 0.05) is 40.0 Å². The fourth-order valence-electron chi connectivity index (χ4n) is 5.20. The zero-order chi connectivity index (χ0) is 29.1. The summed E-state index contributed by atoms with van der Waals surface area (Å²) in [7, 11) is 1.35. The van der Waals surface area contributed by atoms with Crippen LogP contribution >= 0.6 is 11.6 Å². The number of halogens is 1. The minimum Gasteiger partial charge on any atom is -0.469 e. The molecule has 0 saturated carbocycles. The van der Waals surface area contributed by atoms with Gasteiger partial charge in [0.05, 0.1) is 37.3 Å². The number of fused-ring (bicyclic) bond motifs is 4. The molecule has 0 unspecified atom stereocenters. The molecular formula is C32H31ClN4O4. The van der Waals surface area contributed by atoms with E-state index < -0.39 is 0 Å². The van der Waals surface area contributed by atoms with Gasteiger partial charge < -0.3 is 10.1 Å². The highest BCUT2D eigenvalue weighted by Gasteiger charge is 2.23. The largest absolute Gasteiger partial charge is 0.469 e. The molecule has 0 aliphatic carbocycles. The van der Waals surface area contributed by atoms with Crippen molar-refractivity contribution in [1.82, 2.24) is 14.5 Å². The highest BCUT2D eigenvalue weighted by Crippen LogP contribution is 2.34. The zero-order valence-electron chi connectivity index (χ0n) is 23.2. The predicted octanol–water partition coefficient (Wildman–Crippen LogP) is 6.00. The molecule has 0 spiro atoms. The van der Waals surface area contributed by atoms with Gasteiger partial charge in [0.25, 0.3) is 5.56 Å². The molecule has 41 heavy (non-hydrogen) atoms. The number of rotatable bonds is 4. The monoisotopic (exact) mass is 570 g/mol. The summed E-state index contributed by atoms with van der Waals surface area (Å²) in [6, 6.07) is 16.1. The first-order valence-electron chi connectivity index (χ1n) is 13.6. The Morgan fingerprint density at radius 2 is 1.90 bits per heavy atom. The summed E-state index contributed by atoms with van der Waals surface area (Å²) in [5.74, 6) is -0.725. The second-order valence-corrected chi connectivity index (χ2v) is 10.8. The van der Waals surface area contributed by atoms with Crippen molar-refractivity contribution < 1.29 is 14.3 Å². The van der Waals surface area contributed by atoms with E-state index in [4.69, 9.17) is 16.3 Å². The molecule has 0 saturated heterocycles. The SMILES string of the molecule is COC(=O)Cc1ccc2c(c1)NC(=O)[C@H](C)CCC[C@H](n1cnc(-c3cccc(Cl)c3C)cc1=O)c1cc-2ccn1. The summed E-state index contributed by atoms with van der Waals surface area (Å²) in [4.78, 5) is 47.8. The number of hydrogen-bond acceptors (Lipinski definition) is 6. The molecule has 9 heteroatoms. The second kappa shape index (κ2) is 12.1.